The summed E-state index contributed by atoms with van der Waals surface area (Å²) in [4.78, 5) is 21.2. The van der Waals surface area contributed by atoms with E-state index in [4.69, 9.17) is 5.73 Å². The number of ether oxygens (including phenoxy) is 1. The maximum Gasteiger partial charge on any atom is 0.412 e. The van der Waals surface area contributed by atoms with Crippen molar-refractivity contribution in [2.75, 3.05) is 5.73 Å². The van der Waals surface area contributed by atoms with Crippen molar-refractivity contribution in [3.63, 3.8) is 0 Å². The second kappa shape index (κ2) is 4.27. The largest absolute Gasteiger partial charge is 0.412 e. The van der Waals surface area contributed by atoms with E-state index in [0.717, 1.165) is 0 Å². The Morgan fingerprint density at radius 2 is 2.07 bits per heavy atom. The Morgan fingerprint density at radius 3 is 2.64 bits per heavy atom. The van der Waals surface area contributed by atoms with E-state index in [2.05, 4.69) is 10.5 Å². The lowest BCUT2D eigenvalue weighted by molar-refractivity contribution is -0.136. The molecule has 1 aromatic carbocycles. The monoisotopic (exact) mass is 194 g/mol. The minimum atomic E-state index is -1.10. The fourth-order valence-corrected chi connectivity index (χ4v) is 1.02. The molecule has 0 aliphatic rings. The zero-order chi connectivity index (χ0) is 10.6. The first-order chi connectivity index (χ1) is 6.58. The summed E-state index contributed by atoms with van der Waals surface area (Å²) in [5.41, 5.74) is 11.4. The van der Waals surface area contributed by atoms with Crippen molar-refractivity contribution in [3.05, 3.63) is 29.8 Å². The van der Waals surface area contributed by atoms with Crippen LogP contribution in [-0.2, 0) is 16.0 Å². The quantitative estimate of drug-likeness (QED) is 0.405. The summed E-state index contributed by atoms with van der Waals surface area (Å²) < 4.78 is 4.15. The number of nitrogen functional groups attached to an aromatic ring is 1. The van der Waals surface area contributed by atoms with Crippen molar-refractivity contribution < 1.29 is 14.3 Å². The van der Waals surface area contributed by atoms with Gasteiger partial charge in [-0.2, -0.15) is 0 Å². The van der Waals surface area contributed by atoms with E-state index < -0.39 is 12.1 Å². The molecule has 0 saturated heterocycles. The molecule has 5 heteroatoms. The maximum atomic E-state index is 11.0. The topological polar surface area (TPSA) is 95.4 Å². The van der Waals surface area contributed by atoms with Crippen LogP contribution in [0.5, 0.6) is 0 Å². The summed E-state index contributed by atoms with van der Waals surface area (Å²) in [7, 11) is 0. The van der Waals surface area contributed by atoms with Crippen molar-refractivity contribution in [1.82, 2.24) is 0 Å². The summed E-state index contributed by atoms with van der Waals surface area (Å²) in [6, 6.07) is 6.74. The average molecular weight is 194 g/mol. The molecule has 0 heterocycles. The van der Waals surface area contributed by atoms with Gasteiger partial charge in [0.15, 0.2) is 0 Å². The molecule has 1 aromatic rings. The molecule has 0 aliphatic carbocycles. The highest BCUT2D eigenvalue weighted by Crippen LogP contribution is 2.07. The van der Waals surface area contributed by atoms with Gasteiger partial charge in [-0.3, -0.25) is 4.79 Å². The summed E-state index contributed by atoms with van der Waals surface area (Å²) >= 11 is 0. The Kier molecular flexibility index (Phi) is 3.06. The highest BCUT2D eigenvalue weighted by molar-refractivity contribution is 5.85. The molecule has 0 unspecified atom stereocenters. The molecule has 1 amide bonds. The maximum absolute atomic E-state index is 11.0. The van der Waals surface area contributed by atoms with Gasteiger partial charge in [0.05, 0.1) is 6.42 Å². The molecule has 0 aromatic heterocycles. The Hall–Kier alpha value is -2.04. The number of esters is 1. The van der Waals surface area contributed by atoms with Gasteiger partial charge in [-0.05, 0) is 17.7 Å². The Balaban J connectivity index is 2.60. The number of anilines is 1. The second-order valence-corrected chi connectivity index (χ2v) is 2.71. The van der Waals surface area contributed by atoms with Crippen LogP contribution in [-0.4, -0.2) is 12.1 Å². The van der Waals surface area contributed by atoms with Crippen LogP contribution in [0.1, 0.15) is 5.56 Å². The number of carbonyl (C=O) groups excluding carboxylic acids is 2. The van der Waals surface area contributed by atoms with Gasteiger partial charge in [0.1, 0.15) is 0 Å². The van der Waals surface area contributed by atoms with Crippen LogP contribution in [0.2, 0.25) is 0 Å². The third-order valence-electron chi connectivity index (χ3n) is 1.51. The summed E-state index contributed by atoms with van der Waals surface area (Å²) in [5, 5.41) is 0. The lowest BCUT2D eigenvalue weighted by Gasteiger charge is -2.00. The van der Waals surface area contributed by atoms with E-state index in [9.17, 15) is 9.59 Å². The highest BCUT2D eigenvalue weighted by atomic mass is 16.6. The number of hydrogen-bond acceptors (Lipinski definition) is 4. The number of amides is 1. The SMILES string of the molecule is NC(=O)OC(=O)Cc1cccc(N)c1. The van der Waals surface area contributed by atoms with Crippen molar-refractivity contribution in [2.45, 2.75) is 6.42 Å². The molecule has 0 saturated carbocycles. The molecule has 0 aliphatic heterocycles. The standard InChI is InChI=1S/C9H10N2O3/c10-7-3-1-2-6(4-7)5-8(12)14-9(11)13/h1-4H,5,10H2,(H2,11,13). The van der Waals surface area contributed by atoms with Crippen LogP contribution in [0, 0.1) is 0 Å². The predicted molar refractivity (Wildman–Crippen MR) is 50.2 cm³/mol. The molecule has 14 heavy (non-hydrogen) atoms. The molecule has 1 rings (SSSR count). The minimum absolute atomic E-state index is 0.0199. The van der Waals surface area contributed by atoms with Crippen LogP contribution < -0.4 is 11.5 Å². The lowest BCUT2D eigenvalue weighted by atomic mass is 10.1. The van der Waals surface area contributed by atoms with Crippen molar-refractivity contribution >= 4 is 17.7 Å². The first-order valence-electron chi connectivity index (χ1n) is 3.92. The van der Waals surface area contributed by atoms with Gasteiger partial charge in [-0.25, -0.2) is 4.79 Å². The van der Waals surface area contributed by atoms with Crippen LogP contribution in [0.25, 0.3) is 0 Å². The number of benzene rings is 1. The number of hydrogen-bond donors (Lipinski definition) is 2. The third kappa shape index (κ3) is 3.14. The summed E-state index contributed by atoms with van der Waals surface area (Å²) in [5.74, 6) is -0.692. The predicted octanol–water partition coefficient (Wildman–Crippen LogP) is 0.433. The summed E-state index contributed by atoms with van der Waals surface area (Å²) in [6.45, 7) is 0. The van der Waals surface area contributed by atoms with Gasteiger partial charge in [-0.1, -0.05) is 12.1 Å². The Bertz CT molecular complexity index is 363. The van der Waals surface area contributed by atoms with Crippen LogP contribution in [0.3, 0.4) is 0 Å². The molecule has 0 bridgehead atoms. The second-order valence-electron chi connectivity index (χ2n) is 2.71. The molecular weight excluding hydrogens is 184 g/mol. The summed E-state index contributed by atoms with van der Waals surface area (Å²) in [6.07, 6.45) is -1.12. The molecule has 74 valence electrons. The zero-order valence-corrected chi connectivity index (χ0v) is 7.40. The normalized spacial score (nSPS) is 9.43. The number of rotatable bonds is 2. The molecule has 0 spiro atoms. The third-order valence-corrected chi connectivity index (χ3v) is 1.51. The molecule has 0 radical (unpaired) electrons. The van der Waals surface area contributed by atoms with E-state index in [0.29, 0.717) is 11.3 Å². The first kappa shape index (κ1) is 10.0. The van der Waals surface area contributed by atoms with Crippen molar-refractivity contribution in [3.8, 4) is 0 Å². The zero-order valence-electron chi connectivity index (χ0n) is 7.40. The first-order valence-corrected chi connectivity index (χ1v) is 3.92. The van der Waals surface area contributed by atoms with Crippen LogP contribution in [0.4, 0.5) is 10.5 Å². The fourth-order valence-electron chi connectivity index (χ4n) is 1.02. The smallest absolute Gasteiger partial charge is 0.399 e. The van der Waals surface area contributed by atoms with Crippen molar-refractivity contribution in [1.29, 1.82) is 0 Å². The van der Waals surface area contributed by atoms with Crippen LogP contribution in [0.15, 0.2) is 24.3 Å². The van der Waals surface area contributed by atoms with Gasteiger partial charge in [-0.15, -0.1) is 0 Å². The van der Waals surface area contributed by atoms with E-state index in [1.54, 1.807) is 24.3 Å². The average Bonchev–Trinajstić information content (AvgIpc) is 2.01. The molecule has 4 N–H and O–H groups in total. The molecule has 0 fully saturated rings. The van der Waals surface area contributed by atoms with Gasteiger partial charge in [0.2, 0.25) is 0 Å². The van der Waals surface area contributed by atoms with Gasteiger partial charge < -0.3 is 16.2 Å². The molecule has 5 nitrogen and oxygen atoms in total. The minimum Gasteiger partial charge on any atom is -0.399 e. The number of primary amides is 1. The number of carbonyl (C=O) groups is 2. The van der Waals surface area contributed by atoms with E-state index in [1.807, 2.05) is 0 Å². The molecule has 0 atom stereocenters. The van der Waals surface area contributed by atoms with E-state index in [1.165, 1.54) is 0 Å². The Labute approximate surface area is 80.6 Å². The van der Waals surface area contributed by atoms with Gasteiger partial charge in [0, 0.05) is 5.69 Å². The number of nitrogens with two attached hydrogens (primary N) is 2. The van der Waals surface area contributed by atoms with Gasteiger partial charge in [0.25, 0.3) is 0 Å². The van der Waals surface area contributed by atoms with E-state index in [-0.39, 0.29) is 6.42 Å². The van der Waals surface area contributed by atoms with Crippen molar-refractivity contribution in [2.24, 2.45) is 5.73 Å². The molecular formula is C9H10N2O3. The lowest BCUT2D eigenvalue weighted by Crippen LogP contribution is -2.19. The van der Waals surface area contributed by atoms with E-state index >= 15 is 0 Å². The Morgan fingerprint density at radius 1 is 1.36 bits per heavy atom. The van der Waals surface area contributed by atoms with Gasteiger partial charge >= 0.3 is 12.1 Å². The fraction of sp³-hybridized carbons (Fsp3) is 0.111. The van der Waals surface area contributed by atoms with Crippen LogP contribution >= 0.6 is 0 Å². The highest BCUT2D eigenvalue weighted by Gasteiger charge is 2.07.